The minimum Gasteiger partial charge on any atom is -0.455 e. The van der Waals surface area contributed by atoms with Crippen LogP contribution in [0.3, 0.4) is 0 Å². The SMILES string of the molecule is CCN(Cc1ccccc1)C(=O)COC(=O)CNS(=O)(=O)c1ccc(F)cc1. The quantitative estimate of drug-likeness (QED) is 0.638. The minimum atomic E-state index is -3.99. The van der Waals surface area contributed by atoms with E-state index >= 15 is 0 Å². The van der Waals surface area contributed by atoms with Crippen molar-refractivity contribution >= 4 is 21.9 Å². The molecule has 2 rings (SSSR count). The monoisotopic (exact) mass is 408 g/mol. The van der Waals surface area contributed by atoms with Crippen LogP contribution in [0.4, 0.5) is 4.39 Å². The van der Waals surface area contributed by atoms with Crippen LogP contribution in [0.1, 0.15) is 12.5 Å². The highest BCUT2D eigenvalue weighted by Gasteiger charge is 2.18. The number of hydrogen-bond acceptors (Lipinski definition) is 5. The first-order valence-electron chi connectivity index (χ1n) is 8.54. The smallest absolute Gasteiger partial charge is 0.321 e. The average Bonchev–Trinajstić information content (AvgIpc) is 2.70. The number of rotatable bonds is 9. The number of likely N-dealkylation sites (N-methyl/N-ethyl adjacent to an activating group) is 1. The van der Waals surface area contributed by atoms with Gasteiger partial charge in [0.05, 0.1) is 4.90 Å². The van der Waals surface area contributed by atoms with Crippen molar-refractivity contribution in [3.63, 3.8) is 0 Å². The Morgan fingerprint density at radius 2 is 1.71 bits per heavy atom. The highest BCUT2D eigenvalue weighted by Crippen LogP contribution is 2.09. The standard InChI is InChI=1S/C19H21FN2O5S/c1-2-22(13-15-6-4-3-5-7-15)18(23)14-27-19(24)12-21-28(25,26)17-10-8-16(20)9-11-17/h3-11,21H,2,12-14H2,1H3. The molecule has 1 N–H and O–H groups in total. The van der Waals surface area contributed by atoms with Gasteiger partial charge < -0.3 is 9.64 Å². The van der Waals surface area contributed by atoms with Gasteiger partial charge in [0, 0.05) is 13.1 Å². The Morgan fingerprint density at radius 1 is 1.07 bits per heavy atom. The van der Waals surface area contributed by atoms with Gasteiger partial charge in [-0.1, -0.05) is 30.3 Å². The number of nitrogens with one attached hydrogen (secondary N) is 1. The fraction of sp³-hybridized carbons (Fsp3) is 0.263. The van der Waals surface area contributed by atoms with Crippen molar-refractivity contribution in [2.24, 2.45) is 0 Å². The number of carbonyl (C=O) groups excluding carboxylic acids is 2. The third kappa shape index (κ3) is 6.43. The molecule has 0 radical (unpaired) electrons. The number of nitrogens with zero attached hydrogens (tertiary/aromatic N) is 1. The molecule has 0 bridgehead atoms. The molecule has 9 heteroatoms. The molecule has 0 heterocycles. The molecule has 0 unspecified atom stereocenters. The van der Waals surface area contributed by atoms with E-state index in [2.05, 4.69) is 4.72 Å². The van der Waals surface area contributed by atoms with E-state index in [1.807, 2.05) is 30.3 Å². The van der Waals surface area contributed by atoms with Gasteiger partial charge in [-0.3, -0.25) is 9.59 Å². The van der Waals surface area contributed by atoms with Crippen molar-refractivity contribution < 1.29 is 27.1 Å². The Morgan fingerprint density at radius 3 is 2.32 bits per heavy atom. The van der Waals surface area contributed by atoms with Gasteiger partial charge in [0.2, 0.25) is 10.0 Å². The predicted molar refractivity (Wildman–Crippen MR) is 100 cm³/mol. The molecule has 2 aromatic rings. The molecular weight excluding hydrogens is 387 g/mol. The molecule has 0 aliphatic rings. The first kappa shape index (κ1) is 21.5. The van der Waals surface area contributed by atoms with Crippen LogP contribution in [0.15, 0.2) is 59.5 Å². The predicted octanol–water partition coefficient (Wildman–Crippen LogP) is 1.70. The summed E-state index contributed by atoms with van der Waals surface area (Å²) >= 11 is 0. The average molecular weight is 408 g/mol. The van der Waals surface area contributed by atoms with E-state index in [1.54, 1.807) is 6.92 Å². The third-order valence-electron chi connectivity index (χ3n) is 3.84. The van der Waals surface area contributed by atoms with E-state index in [4.69, 9.17) is 4.74 Å². The molecule has 0 aliphatic heterocycles. The first-order chi connectivity index (χ1) is 13.3. The van der Waals surface area contributed by atoms with Crippen LogP contribution in [-0.2, 0) is 30.9 Å². The Balaban J connectivity index is 1.82. The summed E-state index contributed by atoms with van der Waals surface area (Å²) in [6.45, 7) is 1.49. The van der Waals surface area contributed by atoms with Crippen LogP contribution in [0, 0.1) is 5.82 Å². The Kier molecular flexibility index (Phi) is 7.65. The normalized spacial score (nSPS) is 11.1. The molecule has 7 nitrogen and oxygen atoms in total. The second-order valence-electron chi connectivity index (χ2n) is 5.83. The lowest BCUT2D eigenvalue weighted by Crippen LogP contribution is -2.36. The topological polar surface area (TPSA) is 92.8 Å². The van der Waals surface area contributed by atoms with Crippen molar-refractivity contribution in [3.8, 4) is 0 Å². The maximum absolute atomic E-state index is 12.9. The molecule has 28 heavy (non-hydrogen) atoms. The summed E-state index contributed by atoms with van der Waals surface area (Å²) < 4.78 is 43.8. The third-order valence-corrected chi connectivity index (χ3v) is 5.25. The van der Waals surface area contributed by atoms with Gasteiger partial charge in [0.15, 0.2) is 6.61 Å². The van der Waals surface area contributed by atoms with Gasteiger partial charge >= 0.3 is 5.97 Å². The summed E-state index contributed by atoms with van der Waals surface area (Å²) in [5.41, 5.74) is 0.941. The zero-order chi connectivity index (χ0) is 20.6. The lowest BCUT2D eigenvalue weighted by atomic mass is 10.2. The van der Waals surface area contributed by atoms with Crippen LogP contribution in [0.5, 0.6) is 0 Å². The molecule has 150 valence electrons. The highest BCUT2D eigenvalue weighted by atomic mass is 32.2. The molecule has 1 amide bonds. The Hall–Kier alpha value is -2.78. The summed E-state index contributed by atoms with van der Waals surface area (Å²) in [6, 6.07) is 13.5. The van der Waals surface area contributed by atoms with Gasteiger partial charge in [0.25, 0.3) is 5.91 Å². The zero-order valence-electron chi connectivity index (χ0n) is 15.3. The zero-order valence-corrected chi connectivity index (χ0v) is 16.1. The van der Waals surface area contributed by atoms with Crippen molar-refractivity contribution in [2.45, 2.75) is 18.4 Å². The molecule has 0 aliphatic carbocycles. The van der Waals surface area contributed by atoms with E-state index in [1.165, 1.54) is 4.90 Å². The van der Waals surface area contributed by atoms with Gasteiger partial charge in [-0.25, -0.2) is 12.8 Å². The highest BCUT2D eigenvalue weighted by molar-refractivity contribution is 7.89. The number of esters is 1. The lowest BCUT2D eigenvalue weighted by molar-refractivity contribution is -0.151. The summed E-state index contributed by atoms with van der Waals surface area (Å²) in [4.78, 5) is 25.3. The number of carbonyl (C=O) groups is 2. The first-order valence-corrected chi connectivity index (χ1v) is 10.0. The van der Waals surface area contributed by atoms with Gasteiger partial charge in [-0.05, 0) is 36.8 Å². The molecule has 0 aromatic heterocycles. The van der Waals surface area contributed by atoms with Crippen molar-refractivity contribution in [1.82, 2.24) is 9.62 Å². The molecule has 0 saturated heterocycles. The Labute approximate surface area is 163 Å². The van der Waals surface area contributed by atoms with E-state index in [9.17, 15) is 22.4 Å². The van der Waals surface area contributed by atoms with Crippen LogP contribution in [-0.4, -0.2) is 44.9 Å². The van der Waals surface area contributed by atoms with Crippen molar-refractivity contribution in [1.29, 1.82) is 0 Å². The largest absolute Gasteiger partial charge is 0.455 e. The lowest BCUT2D eigenvalue weighted by Gasteiger charge is -2.20. The summed E-state index contributed by atoms with van der Waals surface area (Å²) in [5, 5.41) is 0. The maximum Gasteiger partial charge on any atom is 0.321 e. The molecule has 0 spiro atoms. The van der Waals surface area contributed by atoms with Crippen molar-refractivity contribution in [2.75, 3.05) is 19.7 Å². The van der Waals surface area contributed by atoms with E-state index in [0.29, 0.717) is 13.1 Å². The van der Waals surface area contributed by atoms with Crippen LogP contribution >= 0.6 is 0 Å². The number of halogens is 1. The number of amides is 1. The molecule has 0 atom stereocenters. The summed E-state index contributed by atoms with van der Waals surface area (Å²) in [5.74, 6) is -1.86. The fourth-order valence-electron chi connectivity index (χ4n) is 2.32. The summed E-state index contributed by atoms with van der Waals surface area (Å²) in [6.07, 6.45) is 0. The molecular formula is C19H21FN2O5S. The van der Waals surface area contributed by atoms with Crippen LogP contribution < -0.4 is 4.72 Å². The number of sulfonamides is 1. The number of hydrogen-bond donors (Lipinski definition) is 1. The van der Waals surface area contributed by atoms with Crippen LogP contribution in [0.2, 0.25) is 0 Å². The van der Waals surface area contributed by atoms with Gasteiger partial charge in [-0.2, -0.15) is 4.72 Å². The summed E-state index contributed by atoms with van der Waals surface area (Å²) in [7, 11) is -3.99. The van der Waals surface area contributed by atoms with E-state index < -0.39 is 35.0 Å². The number of benzene rings is 2. The van der Waals surface area contributed by atoms with Crippen molar-refractivity contribution in [3.05, 3.63) is 66.0 Å². The second-order valence-corrected chi connectivity index (χ2v) is 7.60. The van der Waals surface area contributed by atoms with E-state index in [-0.39, 0.29) is 10.8 Å². The van der Waals surface area contributed by atoms with E-state index in [0.717, 1.165) is 29.8 Å². The molecule has 0 saturated carbocycles. The second kappa shape index (κ2) is 9.95. The molecule has 0 fully saturated rings. The molecule has 2 aromatic carbocycles. The van der Waals surface area contributed by atoms with Gasteiger partial charge in [-0.15, -0.1) is 0 Å². The Bertz CT molecular complexity index is 902. The minimum absolute atomic E-state index is 0.183. The van der Waals surface area contributed by atoms with Crippen LogP contribution in [0.25, 0.3) is 0 Å². The number of ether oxygens (including phenoxy) is 1. The van der Waals surface area contributed by atoms with Gasteiger partial charge in [0.1, 0.15) is 12.4 Å². The maximum atomic E-state index is 12.9. The fourth-order valence-corrected chi connectivity index (χ4v) is 3.28.